The van der Waals surface area contributed by atoms with E-state index in [9.17, 15) is 13.2 Å². The summed E-state index contributed by atoms with van der Waals surface area (Å²) in [5.74, 6) is 0.102. The van der Waals surface area contributed by atoms with Crippen LogP contribution >= 0.6 is 15.9 Å². The van der Waals surface area contributed by atoms with Gasteiger partial charge in [-0.3, -0.25) is 0 Å². The average Bonchev–Trinajstić information content (AvgIpc) is 2.65. The predicted octanol–water partition coefficient (Wildman–Crippen LogP) is 5.09. The molecule has 1 aliphatic heterocycles. The minimum atomic E-state index is -4.17. The van der Waals surface area contributed by atoms with Crippen LogP contribution in [0.25, 0.3) is 10.8 Å². The van der Waals surface area contributed by atoms with Crippen molar-refractivity contribution in [1.82, 2.24) is 0 Å². The van der Waals surface area contributed by atoms with Crippen LogP contribution < -0.4 is 4.90 Å². The number of rotatable bonds is 1. The highest BCUT2D eigenvalue weighted by molar-refractivity contribution is 9.10. The average molecular weight is 344 g/mol. The van der Waals surface area contributed by atoms with Gasteiger partial charge in [0.15, 0.2) is 0 Å². The van der Waals surface area contributed by atoms with Gasteiger partial charge in [-0.2, -0.15) is 13.2 Å². The highest BCUT2D eigenvalue weighted by Crippen LogP contribution is 2.43. The Morgan fingerprint density at radius 2 is 1.95 bits per heavy atom. The minimum Gasteiger partial charge on any atom is -0.362 e. The van der Waals surface area contributed by atoms with Gasteiger partial charge in [-0.1, -0.05) is 41.1 Å². The lowest BCUT2D eigenvalue weighted by Gasteiger charge is -2.21. The molecule has 0 fully saturated rings. The van der Waals surface area contributed by atoms with Crippen molar-refractivity contribution in [1.29, 1.82) is 0 Å². The Labute approximate surface area is 123 Å². The van der Waals surface area contributed by atoms with Crippen molar-refractivity contribution in [3.05, 3.63) is 40.4 Å². The summed E-state index contributed by atoms with van der Waals surface area (Å²) in [6.45, 7) is 1.51. The summed E-state index contributed by atoms with van der Waals surface area (Å²) in [7, 11) is 0. The van der Waals surface area contributed by atoms with Gasteiger partial charge < -0.3 is 4.90 Å². The number of nitrogens with zero attached hydrogens (tertiary/aromatic N) is 1. The Morgan fingerprint density at radius 1 is 1.20 bits per heavy atom. The summed E-state index contributed by atoms with van der Waals surface area (Å²) in [5.41, 5.74) is 1.73. The number of benzene rings is 2. The molecule has 1 aliphatic rings. The molecule has 1 heterocycles. The maximum absolute atomic E-state index is 12.7. The normalized spacial score (nSPS) is 18.6. The molecular formula is C15H13BrF3N. The van der Waals surface area contributed by atoms with Crippen LogP contribution in [-0.2, 0) is 0 Å². The lowest BCUT2D eigenvalue weighted by molar-refractivity contribution is -0.119. The third-order valence-electron chi connectivity index (χ3n) is 3.72. The smallest absolute Gasteiger partial charge is 0.362 e. The van der Waals surface area contributed by atoms with Crippen LogP contribution in [0.5, 0.6) is 0 Å². The Bertz CT molecular complexity index is 666. The number of anilines is 1. The van der Waals surface area contributed by atoms with E-state index in [0.717, 1.165) is 20.8 Å². The maximum atomic E-state index is 12.7. The fraction of sp³-hybridized carbons (Fsp3) is 0.333. The van der Waals surface area contributed by atoms with Gasteiger partial charge in [0, 0.05) is 22.6 Å². The van der Waals surface area contributed by atoms with E-state index in [0.29, 0.717) is 12.2 Å². The van der Waals surface area contributed by atoms with E-state index in [1.54, 1.807) is 6.07 Å². The van der Waals surface area contributed by atoms with E-state index < -0.39 is 12.7 Å². The van der Waals surface area contributed by atoms with Gasteiger partial charge in [0.25, 0.3) is 0 Å². The van der Waals surface area contributed by atoms with Crippen LogP contribution in [0.15, 0.2) is 34.8 Å². The molecule has 20 heavy (non-hydrogen) atoms. The molecule has 0 bridgehead atoms. The summed E-state index contributed by atoms with van der Waals surface area (Å²) < 4.78 is 38.9. The minimum absolute atomic E-state index is 0.102. The van der Waals surface area contributed by atoms with E-state index in [1.807, 2.05) is 31.2 Å². The molecule has 2 aromatic carbocycles. The molecule has 3 rings (SSSR count). The van der Waals surface area contributed by atoms with Crippen molar-refractivity contribution in [3.8, 4) is 0 Å². The van der Waals surface area contributed by atoms with Gasteiger partial charge in [-0.05, 0) is 28.5 Å². The molecule has 0 saturated heterocycles. The monoisotopic (exact) mass is 343 g/mol. The van der Waals surface area contributed by atoms with E-state index in [-0.39, 0.29) is 5.92 Å². The van der Waals surface area contributed by atoms with Gasteiger partial charge in [0.05, 0.1) is 0 Å². The van der Waals surface area contributed by atoms with Crippen molar-refractivity contribution >= 4 is 32.4 Å². The van der Waals surface area contributed by atoms with Gasteiger partial charge >= 0.3 is 6.18 Å². The van der Waals surface area contributed by atoms with E-state index in [4.69, 9.17) is 0 Å². The maximum Gasteiger partial charge on any atom is 0.405 e. The molecule has 0 saturated carbocycles. The molecular weight excluding hydrogens is 331 g/mol. The van der Waals surface area contributed by atoms with E-state index >= 15 is 0 Å². The second kappa shape index (κ2) is 4.65. The Kier molecular flexibility index (Phi) is 3.20. The molecule has 5 heteroatoms. The summed E-state index contributed by atoms with van der Waals surface area (Å²) in [5, 5.41) is 2.08. The standard InChI is InChI=1S/C15H13BrF3N/c1-9-7-20(8-15(17,18)19)13-6-5-10-11(14(9)13)3-2-4-12(10)16/h2-6,9H,7-8H2,1H3. The number of hydrogen-bond donors (Lipinski definition) is 0. The number of hydrogen-bond acceptors (Lipinski definition) is 1. The van der Waals surface area contributed by atoms with E-state index in [1.165, 1.54) is 4.90 Å². The lowest BCUT2D eigenvalue weighted by Crippen LogP contribution is -2.33. The zero-order valence-corrected chi connectivity index (χ0v) is 12.4. The third kappa shape index (κ3) is 2.28. The van der Waals surface area contributed by atoms with Crippen LogP contribution in [0, 0.1) is 0 Å². The van der Waals surface area contributed by atoms with E-state index in [2.05, 4.69) is 15.9 Å². The lowest BCUT2D eigenvalue weighted by atomic mass is 9.96. The van der Waals surface area contributed by atoms with Crippen molar-refractivity contribution in [2.24, 2.45) is 0 Å². The SMILES string of the molecule is CC1CN(CC(F)(F)F)c2ccc3c(Br)cccc3c21. The highest BCUT2D eigenvalue weighted by Gasteiger charge is 2.36. The number of halogens is 4. The van der Waals surface area contributed by atoms with Crippen LogP contribution in [-0.4, -0.2) is 19.3 Å². The second-order valence-electron chi connectivity index (χ2n) is 5.23. The first-order valence-corrected chi connectivity index (χ1v) is 7.19. The Hall–Kier alpha value is -1.23. The zero-order chi connectivity index (χ0) is 14.5. The third-order valence-corrected chi connectivity index (χ3v) is 4.42. The van der Waals surface area contributed by atoms with Crippen LogP contribution in [0.1, 0.15) is 18.4 Å². The van der Waals surface area contributed by atoms with Crippen molar-refractivity contribution in [2.75, 3.05) is 18.0 Å². The fourth-order valence-corrected chi connectivity index (χ4v) is 3.51. The summed E-state index contributed by atoms with van der Waals surface area (Å²) in [6, 6.07) is 9.54. The molecule has 0 aliphatic carbocycles. The van der Waals surface area contributed by atoms with Gasteiger partial charge in [-0.15, -0.1) is 0 Å². The first-order valence-electron chi connectivity index (χ1n) is 6.39. The fourth-order valence-electron chi connectivity index (χ4n) is 3.01. The quantitative estimate of drug-likeness (QED) is 0.697. The predicted molar refractivity (Wildman–Crippen MR) is 78.3 cm³/mol. The molecule has 0 aromatic heterocycles. The van der Waals surface area contributed by atoms with Gasteiger partial charge in [0.1, 0.15) is 6.54 Å². The summed E-state index contributed by atoms with van der Waals surface area (Å²) >= 11 is 3.50. The topological polar surface area (TPSA) is 3.24 Å². The molecule has 2 aromatic rings. The summed E-state index contributed by atoms with van der Waals surface area (Å²) in [4.78, 5) is 1.43. The highest BCUT2D eigenvalue weighted by atomic mass is 79.9. The van der Waals surface area contributed by atoms with Crippen LogP contribution in [0.3, 0.4) is 0 Å². The second-order valence-corrected chi connectivity index (χ2v) is 6.08. The molecule has 1 nitrogen and oxygen atoms in total. The van der Waals surface area contributed by atoms with Gasteiger partial charge in [-0.25, -0.2) is 0 Å². The first kappa shape index (κ1) is 13.7. The van der Waals surface area contributed by atoms with Crippen molar-refractivity contribution < 1.29 is 13.2 Å². The molecule has 106 valence electrons. The molecule has 1 atom stereocenters. The molecule has 0 radical (unpaired) electrons. The molecule has 1 unspecified atom stereocenters. The van der Waals surface area contributed by atoms with Crippen molar-refractivity contribution in [3.63, 3.8) is 0 Å². The zero-order valence-electron chi connectivity index (χ0n) is 10.8. The molecule has 0 amide bonds. The summed E-state index contributed by atoms with van der Waals surface area (Å²) in [6.07, 6.45) is -4.17. The van der Waals surface area contributed by atoms with Gasteiger partial charge in [0.2, 0.25) is 0 Å². The first-order chi connectivity index (χ1) is 9.37. The largest absolute Gasteiger partial charge is 0.405 e. The number of alkyl halides is 3. The van der Waals surface area contributed by atoms with Crippen molar-refractivity contribution in [2.45, 2.75) is 19.0 Å². The Balaban J connectivity index is 2.14. The Morgan fingerprint density at radius 3 is 2.65 bits per heavy atom. The van der Waals surface area contributed by atoms with Crippen LogP contribution in [0.4, 0.5) is 18.9 Å². The number of fused-ring (bicyclic) bond motifs is 3. The van der Waals surface area contributed by atoms with Crippen LogP contribution in [0.2, 0.25) is 0 Å². The molecule has 0 N–H and O–H groups in total. The molecule has 0 spiro atoms.